The number of aryl methyl sites for hydroxylation is 1. The molecule has 0 bridgehead atoms. The number of rotatable bonds is 9. The molecule has 32 heavy (non-hydrogen) atoms. The third-order valence-corrected chi connectivity index (χ3v) is 5.86. The van der Waals surface area contributed by atoms with Gasteiger partial charge in [0.25, 0.3) is 0 Å². The Hall–Kier alpha value is -3.09. The predicted octanol–water partition coefficient (Wildman–Crippen LogP) is 4.84. The van der Waals surface area contributed by atoms with Gasteiger partial charge in [0.05, 0.1) is 20.4 Å². The normalized spacial score (nSPS) is 19.9. The maximum atomic E-state index is 13.0. The average Bonchev–Trinajstić information content (AvgIpc) is 2.81. The minimum Gasteiger partial charge on any atom is -0.493 e. The van der Waals surface area contributed by atoms with Crippen LogP contribution < -0.4 is 14.8 Å². The summed E-state index contributed by atoms with van der Waals surface area (Å²) in [5.74, 6) is 0.205. The van der Waals surface area contributed by atoms with Crippen LogP contribution in [0.3, 0.4) is 0 Å². The van der Waals surface area contributed by atoms with Crippen molar-refractivity contribution < 1.29 is 28.6 Å². The van der Waals surface area contributed by atoms with Gasteiger partial charge in [0.2, 0.25) is 0 Å². The second-order valence-corrected chi connectivity index (χ2v) is 8.06. The van der Waals surface area contributed by atoms with Gasteiger partial charge in [0.15, 0.2) is 11.5 Å². The lowest BCUT2D eigenvalue weighted by Gasteiger charge is -2.37. The van der Waals surface area contributed by atoms with Gasteiger partial charge in [-0.15, -0.1) is 0 Å². The monoisotopic (exact) mass is 445 g/mol. The van der Waals surface area contributed by atoms with Gasteiger partial charge in [-0.25, -0.2) is 4.79 Å². The van der Waals surface area contributed by atoms with E-state index < -0.39 is 18.2 Å². The lowest BCUT2D eigenvalue weighted by Crippen LogP contribution is -2.49. The average molecular weight is 446 g/mol. The standard InChI is InChI=1S/C24H30FNO4.CH2O/c1-17-4-3-5-18(14-17)10-13-30-22-15-20(6-7-21(22)29-2)26-24(23(27)28)11-8-19(16-25)9-12-24;1-2/h3-7,14-15,19,26H,8-13,16H2,1-2H3,(H,27,28);1H2. The Bertz CT molecular complexity index is 880. The summed E-state index contributed by atoms with van der Waals surface area (Å²) in [4.78, 5) is 20.0. The summed E-state index contributed by atoms with van der Waals surface area (Å²) in [6.07, 6.45) is 2.67. The van der Waals surface area contributed by atoms with Gasteiger partial charge in [-0.05, 0) is 56.2 Å². The summed E-state index contributed by atoms with van der Waals surface area (Å²) in [6, 6.07) is 13.6. The second kappa shape index (κ2) is 12.1. The molecule has 3 rings (SSSR count). The van der Waals surface area contributed by atoms with E-state index in [-0.39, 0.29) is 5.92 Å². The summed E-state index contributed by atoms with van der Waals surface area (Å²) < 4.78 is 24.3. The third kappa shape index (κ3) is 6.45. The molecule has 0 saturated heterocycles. The molecule has 1 fully saturated rings. The largest absolute Gasteiger partial charge is 0.493 e. The van der Waals surface area contributed by atoms with E-state index in [1.807, 2.05) is 12.9 Å². The van der Waals surface area contributed by atoms with E-state index in [9.17, 15) is 14.3 Å². The number of halogens is 1. The third-order valence-electron chi connectivity index (χ3n) is 5.86. The first-order chi connectivity index (χ1) is 15.5. The Morgan fingerprint density at radius 2 is 1.91 bits per heavy atom. The Morgan fingerprint density at radius 3 is 2.50 bits per heavy atom. The van der Waals surface area contributed by atoms with Crippen LogP contribution in [0, 0.1) is 12.8 Å². The molecule has 2 aromatic rings. The summed E-state index contributed by atoms with van der Waals surface area (Å²) in [6.45, 7) is 4.14. The van der Waals surface area contributed by atoms with E-state index in [2.05, 4.69) is 30.4 Å². The van der Waals surface area contributed by atoms with Crippen LogP contribution in [0.25, 0.3) is 0 Å². The van der Waals surface area contributed by atoms with Crippen molar-refractivity contribution in [1.29, 1.82) is 0 Å². The van der Waals surface area contributed by atoms with Gasteiger partial charge in [-0.3, -0.25) is 4.39 Å². The molecule has 1 saturated carbocycles. The van der Waals surface area contributed by atoms with E-state index in [0.29, 0.717) is 49.5 Å². The Morgan fingerprint density at radius 1 is 1.19 bits per heavy atom. The fourth-order valence-electron chi connectivity index (χ4n) is 4.01. The van der Waals surface area contributed by atoms with Crippen LogP contribution in [-0.2, 0) is 16.0 Å². The molecule has 0 amide bonds. The van der Waals surface area contributed by atoms with Gasteiger partial charge in [0.1, 0.15) is 12.3 Å². The van der Waals surface area contributed by atoms with Crippen molar-refractivity contribution in [3.05, 3.63) is 53.6 Å². The molecule has 2 aromatic carbocycles. The topological polar surface area (TPSA) is 84.9 Å². The van der Waals surface area contributed by atoms with Crippen molar-refractivity contribution in [1.82, 2.24) is 0 Å². The summed E-state index contributed by atoms with van der Waals surface area (Å²) in [7, 11) is 1.58. The molecule has 0 aromatic heterocycles. The lowest BCUT2D eigenvalue weighted by atomic mass is 9.76. The molecule has 2 N–H and O–H groups in total. The SMILES string of the molecule is C=O.COc1ccc(NC2(C(=O)O)CCC(CF)CC2)cc1OCCc1cccc(C)c1. The highest BCUT2D eigenvalue weighted by Crippen LogP contribution is 2.37. The number of hydrogen-bond donors (Lipinski definition) is 2. The molecular formula is C25H32FNO5. The molecule has 6 nitrogen and oxygen atoms in total. The molecule has 1 aliphatic rings. The zero-order valence-corrected chi connectivity index (χ0v) is 18.7. The minimum atomic E-state index is -1.08. The molecule has 174 valence electrons. The molecule has 0 radical (unpaired) electrons. The van der Waals surface area contributed by atoms with E-state index in [0.717, 1.165) is 6.42 Å². The van der Waals surface area contributed by atoms with Gasteiger partial charge >= 0.3 is 5.97 Å². The highest BCUT2D eigenvalue weighted by atomic mass is 19.1. The molecule has 0 unspecified atom stereocenters. The Labute approximate surface area is 188 Å². The van der Waals surface area contributed by atoms with Crippen LogP contribution in [0.15, 0.2) is 42.5 Å². The number of anilines is 1. The number of carboxylic acid groups (broad SMARTS) is 1. The highest BCUT2D eigenvalue weighted by molar-refractivity contribution is 5.83. The quantitative estimate of drug-likeness (QED) is 0.575. The number of carboxylic acids is 1. The maximum absolute atomic E-state index is 13.0. The molecule has 0 heterocycles. The molecular weight excluding hydrogens is 413 g/mol. The summed E-state index contributed by atoms with van der Waals surface area (Å²) in [5.41, 5.74) is 1.97. The van der Waals surface area contributed by atoms with Crippen LogP contribution in [0.5, 0.6) is 11.5 Å². The zero-order valence-electron chi connectivity index (χ0n) is 18.7. The number of carbonyl (C=O) groups excluding carboxylic acids is 1. The molecule has 7 heteroatoms. The van der Waals surface area contributed by atoms with Gasteiger partial charge in [0, 0.05) is 18.2 Å². The van der Waals surface area contributed by atoms with E-state index in [4.69, 9.17) is 14.3 Å². The molecule has 0 atom stereocenters. The first-order valence-corrected chi connectivity index (χ1v) is 10.7. The van der Waals surface area contributed by atoms with Crippen molar-refractivity contribution in [2.45, 2.75) is 44.6 Å². The van der Waals surface area contributed by atoms with Crippen molar-refractivity contribution in [3.63, 3.8) is 0 Å². The number of ether oxygens (including phenoxy) is 2. The highest BCUT2D eigenvalue weighted by Gasteiger charge is 2.42. The van der Waals surface area contributed by atoms with E-state index in [1.165, 1.54) is 11.1 Å². The van der Waals surface area contributed by atoms with Crippen LogP contribution in [0.2, 0.25) is 0 Å². The fourth-order valence-corrected chi connectivity index (χ4v) is 4.01. The smallest absolute Gasteiger partial charge is 0.329 e. The summed E-state index contributed by atoms with van der Waals surface area (Å²) in [5, 5.41) is 13.0. The summed E-state index contributed by atoms with van der Waals surface area (Å²) >= 11 is 0. The van der Waals surface area contributed by atoms with Crippen molar-refractivity contribution >= 4 is 18.4 Å². The lowest BCUT2D eigenvalue weighted by molar-refractivity contribution is -0.143. The number of methoxy groups -OCH3 is 1. The molecule has 0 spiro atoms. The Balaban J connectivity index is 0.00000176. The van der Waals surface area contributed by atoms with Crippen molar-refractivity contribution in [3.8, 4) is 11.5 Å². The molecule has 0 aliphatic heterocycles. The van der Waals surface area contributed by atoms with Crippen LogP contribution >= 0.6 is 0 Å². The number of nitrogens with one attached hydrogen (secondary N) is 1. The molecule has 1 aliphatic carbocycles. The predicted molar refractivity (Wildman–Crippen MR) is 122 cm³/mol. The van der Waals surface area contributed by atoms with Crippen LogP contribution in [-0.4, -0.2) is 43.8 Å². The van der Waals surface area contributed by atoms with E-state index in [1.54, 1.807) is 25.3 Å². The number of benzene rings is 2. The van der Waals surface area contributed by atoms with E-state index >= 15 is 0 Å². The first kappa shape index (κ1) is 25.2. The van der Waals surface area contributed by atoms with Crippen molar-refractivity contribution in [2.24, 2.45) is 5.92 Å². The number of aliphatic carboxylic acids is 1. The van der Waals surface area contributed by atoms with Gasteiger partial charge in [-0.1, -0.05) is 29.8 Å². The number of alkyl halides is 1. The van der Waals surface area contributed by atoms with Crippen LogP contribution in [0.4, 0.5) is 10.1 Å². The maximum Gasteiger partial charge on any atom is 0.329 e. The number of hydrogen-bond acceptors (Lipinski definition) is 5. The zero-order chi connectivity index (χ0) is 23.6. The number of carbonyl (C=O) groups is 2. The van der Waals surface area contributed by atoms with Gasteiger partial charge in [-0.2, -0.15) is 0 Å². The van der Waals surface area contributed by atoms with Crippen LogP contribution in [0.1, 0.15) is 36.8 Å². The van der Waals surface area contributed by atoms with Crippen molar-refractivity contribution in [2.75, 3.05) is 25.7 Å². The second-order valence-electron chi connectivity index (χ2n) is 8.06. The minimum absolute atomic E-state index is 0.0457. The first-order valence-electron chi connectivity index (χ1n) is 10.7. The fraction of sp³-hybridized carbons (Fsp3) is 0.440. The Kier molecular flexibility index (Phi) is 9.50. The van der Waals surface area contributed by atoms with Gasteiger partial charge < -0.3 is 24.7 Å².